The Morgan fingerprint density at radius 2 is 1.95 bits per heavy atom. The van der Waals surface area contributed by atoms with Gasteiger partial charge in [0.1, 0.15) is 11.4 Å². The van der Waals surface area contributed by atoms with Crippen LogP contribution in [0.25, 0.3) is 0 Å². The minimum Gasteiger partial charge on any atom is -0.508 e. The van der Waals surface area contributed by atoms with Crippen LogP contribution in [0.15, 0.2) is 40.7 Å². The van der Waals surface area contributed by atoms with Crippen LogP contribution < -0.4 is 10.6 Å². The van der Waals surface area contributed by atoms with E-state index in [1.54, 1.807) is 7.05 Å². The number of phenolic OH excluding ortho intramolecular Hbond substituents is 1. The van der Waals surface area contributed by atoms with Crippen molar-refractivity contribution in [3.63, 3.8) is 0 Å². The molecule has 1 amide bonds. The van der Waals surface area contributed by atoms with E-state index in [9.17, 15) is 39.6 Å². The lowest BCUT2D eigenvalue weighted by Gasteiger charge is -2.39. The Labute approximate surface area is 212 Å². The van der Waals surface area contributed by atoms with Crippen molar-refractivity contribution < 1.29 is 49.1 Å². The first-order chi connectivity index (χ1) is 17.5. The van der Waals surface area contributed by atoms with Gasteiger partial charge < -0.3 is 40.5 Å². The van der Waals surface area contributed by atoms with Crippen molar-refractivity contribution in [3.8, 4) is 5.75 Å². The van der Waals surface area contributed by atoms with Gasteiger partial charge in [-0.1, -0.05) is 23.9 Å². The molecule has 16 nitrogen and oxygen atoms in total. The zero-order valence-electron chi connectivity index (χ0n) is 19.3. The third-order valence-corrected chi connectivity index (χ3v) is 6.37. The number of nitrogens with one attached hydrogen (secondary N) is 2. The van der Waals surface area contributed by atoms with E-state index in [4.69, 9.17) is 9.47 Å². The summed E-state index contributed by atoms with van der Waals surface area (Å²) in [4.78, 5) is 49.1. The fourth-order valence-electron chi connectivity index (χ4n) is 3.38. The molecule has 2 aromatic rings. The number of aryl methyl sites for hydroxylation is 1. The minimum absolute atomic E-state index is 0.0561. The zero-order valence-corrected chi connectivity index (χ0v) is 20.1. The summed E-state index contributed by atoms with van der Waals surface area (Å²) in [6, 6.07) is 4.68. The van der Waals surface area contributed by atoms with E-state index in [0.717, 1.165) is 31.0 Å². The summed E-state index contributed by atoms with van der Waals surface area (Å²) in [5, 5.41) is 54.5. The molecule has 2 heterocycles. The van der Waals surface area contributed by atoms with Crippen molar-refractivity contribution in [2.24, 2.45) is 7.05 Å². The number of rotatable bonds is 11. The number of phenols is 1. The van der Waals surface area contributed by atoms with E-state index in [-0.39, 0.29) is 29.2 Å². The molecule has 3 atom stereocenters. The summed E-state index contributed by atoms with van der Waals surface area (Å²) < 4.78 is 12.0. The van der Waals surface area contributed by atoms with Crippen LogP contribution in [0.4, 0.5) is 0 Å². The molecule has 0 saturated heterocycles. The molecule has 17 heteroatoms. The molecule has 0 bridgehead atoms. The number of benzene rings is 1. The smallest absolute Gasteiger partial charge is 0.362 e. The molecular weight excluding hydrogens is 516 g/mol. The van der Waals surface area contributed by atoms with Gasteiger partial charge in [0.25, 0.3) is 5.72 Å². The molecular formula is C20H22N6O10S. The Bertz CT molecular complexity index is 1230. The number of carboxylic acid groups (broad SMARTS) is 3. The largest absolute Gasteiger partial charge is 0.508 e. The van der Waals surface area contributed by atoms with Crippen LogP contribution in [-0.2, 0) is 35.7 Å². The van der Waals surface area contributed by atoms with E-state index in [1.807, 2.05) is 5.32 Å². The Morgan fingerprint density at radius 3 is 2.46 bits per heavy atom. The van der Waals surface area contributed by atoms with Crippen LogP contribution in [0.3, 0.4) is 0 Å². The average molecular weight is 538 g/mol. The maximum atomic E-state index is 13.0. The number of nitrogens with zero attached hydrogens (tertiary/aromatic N) is 4. The highest BCUT2D eigenvalue weighted by Gasteiger charge is 2.53. The predicted octanol–water partition coefficient (Wildman–Crippen LogP) is -1.30. The van der Waals surface area contributed by atoms with Crippen LogP contribution in [0.5, 0.6) is 5.75 Å². The van der Waals surface area contributed by atoms with Gasteiger partial charge in [0.05, 0.1) is 6.61 Å². The number of thioether (sulfide) groups is 1. The lowest BCUT2D eigenvalue weighted by atomic mass is 9.97. The molecule has 1 aromatic carbocycles. The molecule has 2 unspecified atom stereocenters. The maximum Gasteiger partial charge on any atom is 0.362 e. The number of aromatic hydroxyl groups is 1. The molecule has 37 heavy (non-hydrogen) atoms. The first-order valence-electron chi connectivity index (χ1n) is 10.3. The first kappa shape index (κ1) is 27.4. The van der Waals surface area contributed by atoms with Gasteiger partial charge in [-0.3, -0.25) is 9.59 Å². The summed E-state index contributed by atoms with van der Waals surface area (Å²) >= 11 is 1.10. The van der Waals surface area contributed by atoms with Gasteiger partial charge in [-0.15, -0.1) is 5.10 Å². The zero-order chi connectivity index (χ0) is 27.3. The van der Waals surface area contributed by atoms with Gasteiger partial charge >= 0.3 is 17.9 Å². The third kappa shape index (κ3) is 5.79. The van der Waals surface area contributed by atoms with Gasteiger partial charge in [0.15, 0.2) is 12.1 Å². The van der Waals surface area contributed by atoms with Gasteiger partial charge in [-0.05, 0) is 33.7 Å². The number of ether oxygens (including phenoxy) is 2. The minimum atomic E-state index is -2.73. The number of aliphatic carboxylic acids is 3. The quantitative estimate of drug-likeness (QED) is 0.111. The summed E-state index contributed by atoms with van der Waals surface area (Å²) in [5.41, 5.74) is -2.95. The molecule has 0 aliphatic carbocycles. The van der Waals surface area contributed by atoms with E-state index < -0.39 is 47.4 Å². The third-order valence-electron chi connectivity index (χ3n) is 5.28. The van der Waals surface area contributed by atoms with E-state index in [2.05, 4.69) is 20.8 Å². The molecule has 1 aromatic heterocycles. The predicted molar refractivity (Wildman–Crippen MR) is 121 cm³/mol. The number of aromatic nitrogens is 4. The highest BCUT2D eigenvalue weighted by atomic mass is 32.2. The van der Waals surface area contributed by atoms with Crippen LogP contribution in [0, 0.1) is 0 Å². The fraction of sp³-hybridized carbons (Fsp3) is 0.350. The summed E-state index contributed by atoms with van der Waals surface area (Å²) in [6.45, 7) is -0.369. The van der Waals surface area contributed by atoms with E-state index in [1.165, 1.54) is 16.8 Å². The average Bonchev–Trinajstić information content (AvgIpc) is 3.26. The molecule has 1 aliphatic heterocycles. The second-order valence-electron chi connectivity index (χ2n) is 7.59. The number of methoxy groups -OCH3 is 1. The van der Waals surface area contributed by atoms with Crippen molar-refractivity contribution in [1.29, 1.82) is 0 Å². The second-order valence-corrected chi connectivity index (χ2v) is 8.53. The normalized spacial score (nSPS) is 17.8. The highest BCUT2D eigenvalue weighted by Crippen LogP contribution is 2.27. The summed E-state index contributed by atoms with van der Waals surface area (Å²) in [6.07, 6.45) is -1.77. The maximum absolute atomic E-state index is 13.0. The van der Waals surface area contributed by atoms with E-state index >= 15 is 0 Å². The molecule has 0 saturated carbocycles. The molecule has 198 valence electrons. The van der Waals surface area contributed by atoms with Crippen molar-refractivity contribution in [2.45, 2.75) is 23.0 Å². The number of hydrogen-bond donors (Lipinski definition) is 6. The van der Waals surface area contributed by atoms with Crippen LogP contribution >= 0.6 is 11.8 Å². The highest BCUT2D eigenvalue weighted by molar-refractivity contribution is 7.99. The Morgan fingerprint density at radius 1 is 1.27 bits per heavy atom. The number of amides is 1. The van der Waals surface area contributed by atoms with Crippen molar-refractivity contribution in [3.05, 3.63) is 41.1 Å². The van der Waals surface area contributed by atoms with E-state index in [0.29, 0.717) is 5.16 Å². The van der Waals surface area contributed by atoms with Gasteiger partial charge in [-0.25, -0.2) is 14.3 Å². The lowest BCUT2D eigenvalue weighted by Crippen LogP contribution is -2.69. The topological polar surface area (TPSA) is 235 Å². The standard InChI is InChI=1S/C20H22N6O10S/c1-26-19(23-24-25-26)37-8-10-7-36-17(21-13(10)16(31)32)20(35-2,18(33)34)22-14(28)12(15(29)30)9-3-5-11(27)6-4-9/h3-6,12,17,21,27H,7-8H2,1-2H3,(H,22,28)(H,29,30)(H,31,32)(H,33,34)/t12?,17?,20-/m1/s1. The number of hydrogen-bond acceptors (Lipinski definition) is 12. The monoisotopic (exact) mass is 538 g/mol. The van der Waals surface area contributed by atoms with Gasteiger partial charge in [-0.2, -0.15) is 0 Å². The number of tetrazole rings is 1. The number of carbonyl (C=O) groups is 4. The first-order valence-corrected chi connectivity index (χ1v) is 11.3. The molecule has 3 rings (SSSR count). The van der Waals surface area contributed by atoms with Gasteiger partial charge in [0, 0.05) is 19.9 Å². The second kappa shape index (κ2) is 11.2. The number of carboxylic acids is 3. The summed E-state index contributed by atoms with van der Waals surface area (Å²) in [5.74, 6) is -8.12. The summed E-state index contributed by atoms with van der Waals surface area (Å²) in [7, 11) is 2.51. The van der Waals surface area contributed by atoms with Crippen molar-refractivity contribution >= 4 is 35.6 Å². The van der Waals surface area contributed by atoms with Crippen LogP contribution in [0.2, 0.25) is 0 Å². The fourth-order valence-corrected chi connectivity index (χ4v) is 4.23. The molecule has 1 aliphatic rings. The van der Waals surface area contributed by atoms with Crippen LogP contribution in [0.1, 0.15) is 11.5 Å². The Hall–Kier alpha value is -4.22. The Kier molecular flexibility index (Phi) is 8.31. The molecule has 6 N–H and O–H groups in total. The van der Waals surface area contributed by atoms with Crippen molar-refractivity contribution in [2.75, 3.05) is 19.5 Å². The van der Waals surface area contributed by atoms with Crippen LogP contribution in [-0.4, -0.2) is 95.9 Å². The van der Waals surface area contributed by atoms with Gasteiger partial charge in [0.2, 0.25) is 11.1 Å². The lowest BCUT2D eigenvalue weighted by molar-refractivity contribution is -0.199. The molecule has 0 spiro atoms. The van der Waals surface area contributed by atoms with Crippen molar-refractivity contribution in [1.82, 2.24) is 30.8 Å². The number of carbonyl (C=O) groups excluding carboxylic acids is 1. The Balaban J connectivity index is 1.88. The molecule has 0 fully saturated rings. The molecule has 0 radical (unpaired) electrons. The SMILES string of the molecule is CO[C@@](NC(=O)C(C(=O)O)c1ccc(O)cc1)(C(=O)O)C1NC(C(=O)O)=C(CSc2nnnn2C)CO1.